The summed E-state index contributed by atoms with van der Waals surface area (Å²) in [5, 5.41) is 6.75. The molecule has 1 aromatic heterocycles. The molecule has 0 amide bonds. The fourth-order valence-corrected chi connectivity index (χ4v) is 3.59. The molecule has 0 saturated heterocycles. The first kappa shape index (κ1) is 14.0. The first-order valence-electron chi connectivity index (χ1n) is 6.90. The van der Waals surface area contributed by atoms with Gasteiger partial charge in [-0.1, -0.05) is 33.1 Å². The lowest BCUT2D eigenvalue weighted by Gasteiger charge is -2.34. The van der Waals surface area contributed by atoms with Gasteiger partial charge in [0.1, 0.15) is 10.6 Å². The number of thiazole rings is 1. The largest absolute Gasteiger partial charge is 0.371 e. The minimum Gasteiger partial charge on any atom is -0.371 e. The smallest absolute Gasteiger partial charge is 0.125 e. The monoisotopic (exact) mass is 268 g/mol. The van der Waals surface area contributed by atoms with Crippen LogP contribution in [0, 0.1) is 0 Å². The SMILES string of the molecule is COC1(c2nc(CNC(C)C)cs2)CCCCC1. The average Bonchev–Trinajstić information content (AvgIpc) is 2.86. The van der Waals surface area contributed by atoms with E-state index in [0.29, 0.717) is 6.04 Å². The van der Waals surface area contributed by atoms with E-state index in [2.05, 4.69) is 24.5 Å². The topological polar surface area (TPSA) is 34.1 Å². The lowest BCUT2D eigenvalue weighted by atomic mass is 9.85. The predicted octanol–water partition coefficient (Wildman–Crippen LogP) is 3.45. The Labute approximate surface area is 114 Å². The van der Waals surface area contributed by atoms with Crippen LogP contribution in [0.5, 0.6) is 0 Å². The minimum absolute atomic E-state index is 0.0982. The number of rotatable bonds is 5. The molecule has 18 heavy (non-hydrogen) atoms. The van der Waals surface area contributed by atoms with Crippen LogP contribution in [0.25, 0.3) is 0 Å². The van der Waals surface area contributed by atoms with Crippen molar-refractivity contribution in [2.75, 3.05) is 7.11 Å². The number of aromatic nitrogens is 1. The van der Waals surface area contributed by atoms with Gasteiger partial charge in [0, 0.05) is 25.1 Å². The van der Waals surface area contributed by atoms with Crippen molar-refractivity contribution < 1.29 is 4.74 Å². The fraction of sp³-hybridized carbons (Fsp3) is 0.786. The van der Waals surface area contributed by atoms with Crippen LogP contribution < -0.4 is 5.32 Å². The van der Waals surface area contributed by atoms with E-state index in [1.165, 1.54) is 24.3 Å². The molecule has 0 unspecified atom stereocenters. The minimum atomic E-state index is -0.0982. The summed E-state index contributed by atoms with van der Waals surface area (Å²) in [6.07, 6.45) is 6.08. The Hall–Kier alpha value is -0.450. The van der Waals surface area contributed by atoms with Gasteiger partial charge in [-0.15, -0.1) is 11.3 Å². The first-order valence-corrected chi connectivity index (χ1v) is 7.78. The Morgan fingerprint density at radius 2 is 2.11 bits per heavy atom. The predicted molar refractivity (Wildman–Crippen MR) is 75.9 cm³/mol. The molecule has 0 bridgehead atoms. The van der Waals surface area contributed by atoms with Crippen LogP contribution in [0.4, 0.5) is 0 Å². The molecule has 1 saturated carbocycles. The quantitative estimate of drug-likeness (QED) is 0.888. The van der Waals surface area contributed by atoms with Gasteiger partial charge in [0.25, 0.3) is 0 Å². The van der Waals surface area contributed by atoms with Gasteiger partial charge in [0.15, 0.2) is 0 Å². The third kappa shape index (κ3) is 3.11. The summed E-state index contributed by atoms with van der Waals surface area (Å²) in [5.74, 6) is 0. The molecule has 0 aliphatic heterocycles. The van der Waals surface area contributed by atoms with Gasteiger partial charge >= 0.3 is 0 Å². The summed E-state index contributed by atoms with van der Waals surface area (Å²) in [4.78, 5) is 4.78. The molecule has 1 aliphatic rings. The number of nitrogens with one attached hydrogen (secondary N) is 1. The summed E-state index contributed by atoms with van der Waals surface area (Å²) in [6.45, 7) is 5.17. The number of ether oxygens (including phenoxy) is 1. The maximum Gasteiger partial charge on any atom is 0.125 e. The molecule has 0 atom stereocenters. The van der Waals surface area contributed by atoms with Crippen molar-refractivity contribution in [1.82, 2.24) is 10.3 Å². The van der Waals surface area contributed by atoms with Crippen molar-refractivity contribution >= 4 is 11.3 Å². The zero-order valence-electron chi connectivity index (χ0n) is 11.7. The first-order chi connectivity index (χ1) is 8.66. The maximum absolute atomic E-state index is 5.83. The van der Waals surface area contributed by atoms with Gasteiger partial charge in [-0.25, -0.2) is 4.98 Å². The highest BCUT2D eigenvalue weighted by Crippen LogP contribution is 2.41. The van der Waals surface area contributed by atoms with Crippen molar-refractivity contribution in [3.63, 3.8) is 0 Å². The molecular weight excluding hydrogens is 244 g/mol. The maximum atomic E-state index is 5.83. The van der Waals surface area contributed by atoms with Gasteiger partial charge in [0.05, 0.1) is 5.69 Å². The van der Waals surface area contributed by atoms with Gasteiger partial charge < -0.3 is 10.1 Å². The second kappa shape index (κ2) is 6.13. The molecule has 102 valence electrons. The van der Waals surface area contributed by atoms with E-state index in [-0.39, 0.29) is 5.60 Å². The summed E-state index contributed by atoms with van der Waals surface area (Å²) >= 11 is 1.76. The number of methoxy groups -OCH3 is 1. The number of hydrogen-bond acceptors (Lipinski definition) is 4. The van der Waals surface area contributed by atoms with Crippen LogP contribution in [-0.2, 0) is 16.9 Å². The van der Waals surface area contributed by atoms with Gasteiger partial charge in [-0.2, -0.15) is 0 Å². The molecule has 1 aromatic rings. The van der Waals surface area contributed by atoms with E-state index in [1.54, 1.807) is 11.3 Å². The van der Waals surface area contributed by atoms with Crippen LogP contribution in [0.3, 0.4) is 0 Å². The molecule has 0 spiro atoms. The zero-order chi connectivity index (χ0) is 13.0. The Morgan fingerprint density at radius 1 is 1.39 bits per heavy atom. The highest BCUT2D eigenvalue weighted by Gasteiger charge is 2.36. The average molecular weight is 268 g/mol. The van der Waals surface area contributed by atoms with Gasteiger partial charge in [-0.05, 0) is 12.8 Å². The Bertz CT molecular complexity index is 370. The highest BCUT2D eigenvalue weighted by molar-refractivity contribution is 7.09. The normalized spacial score (nSPS) is 19.3. The van der Waals surface area contributed by atoms with Crippen molar-refractivity contribution in [1.29, 1.82) is 0 Å². The van der Waals surface area contributed by atoms with Crippen molar-refractivity contribution in [2.45, 2.75) is 64.1 Å². The van der Waals surface area contributed by atoms with E-state index in [0.717, 1.165) is 25.1 Å². The zero-order valence-corrected chi connectivity index (χ0v) is 12.5. The van der Waals surface area contributed by atoms with Crippen LogP contribution in [-0.4, -0.2) is 18.1 Å². The Morgan fingerprint density at radius 3 is 2.72 bits per heavy atom. The van der Waals surface area contributed by atoms with Crippen LogP contribution in [0.15, 0.2) is 5.38 Å². The number of hydrogen-bond donors (Lipinski definition) is 1. The van der Waals surface area contributed by atoms with Crippen LogP contribution in [0.1, 0.15) is 56.7 Å². The van der Waals surface area contributed by atoms with E-state index in [9.17, 15) is 0 Å². The molecule has 4 heteroatoms. The summed E-state index contributed by atoms with van der Waals surface area (Å²) in [7, 11) is 1.83. The third-order valence-corrected chi connectivity index (χ3v) is 4.76. The van der Waals surface area contributed by atoms with E-state index in [1.807, 2.05) is 7.11 Å². The molecule has 0 aromatic carbocycles. The Balaban J connectivity index is 2.07. The summed E-state index contributed by atoms with van der Waals surface area (Å²) in [5.41, 5.74) is 1.05. The van der Waals surface area contributed by atoms with E-state index < -0.39 is 0 Å². The molecule has 0 radical (unpaired) electrons. The van der Waals surface area contributed by atoms with Gasteiger partial charge in [0.2, 0.25) is 0 Å². The van der Waals surface area contributed by atoms with Crippen molar-refractivity contribution in [3.8, 4) is 0 Å². The van der Waals surface area contributed by atoms with E-state index >= 15 is 0 Å². The lowest BCUT2D eigenvalue weighted by Crippen LogP contribution is -2.31. The van der Waals surface area contributed by atoms with Crippen molar-refractivity contribution in [2.24, 2.45) is 0 Å². The molecule has 1 fully saturated rings. The lowest BCUT2D eigenvalue weighted by molar-refractivity contribution is -0.0447. The van der Waals surface area contributed by atoms with Crippen molar-refractivity contribution in [3.05, 3.63) is 16.1 Å². The van der Waals surface area contributed by atoms with Crippen LogP contribution >= 0.6 is 11.3 Å². The summed E-state index contributed by atoms with van der Waals surface area (Å²) < 4.78 is 5.83. The van der Waals surface area contributed by atoms with E-state index in [4.69, 9.17) is 9.72 Å². The Kier molecular flexibility index (Phi) is 4.76. The summed E-state index contributed by atoms with van der Waals surface area (Å²) in [6, 6.07) is 0.501. The standard InChI is InChI=1S/C14H24N2OS/c1-11(2)15-9-12-10-18-13(16-12)14(17-3)7-5-4-6-8-14/h10-11,15H,4-9H2,1-3H3. The molecule has 3 nitrogen and oxygen atoms in total. The third-order valence-electron chi connectivity index (χ3n) is 3.68. The molecular formula is C14H24N2OS. The molecule has 2 rings (SSSR count). The second-order valence-corrected chi connectivity index (χ2v) is 6.30. The molecule has 1 heterocycles. The second-order valence-electron chi connectivity index (χ2n) is 5.44. The molecule has 1 N–H and O–H groups in total. The van der Waals surface area contributed by atoms with Crippen LogP contribution in [0.2, 0.25) is 0 Å². The molecule has 1 aliphatic carbocycles. The highest BCUT2D eigenvalue weighted by atomic mass is 32.1. The fourth-order valence-electron chi connectivity index (χ4n) is 2.53. The van der Waals surface area contributed by atoms with Gasteiger partial charge in [-0.3, -0.25) is 0 Å². The number of nitrogens with zero attached hydrogens (tertiary/aromatic N) is 1.